The Bertz CT molecular complexity index is 301. The van der Waals surface area contributed by atoms with Gasteiger partial charge >= 0.3 is 11.9 Å². The SMILES string of the molecule is CCCCOC(=O)C(C)OC(=O)C1CCCCC1C. The van der Waals surface area contributed by atoms with Gasteiger partial charge in [0.15, 0.2) is 6.10 Å². The van der Waals surface area contributed by atoms with E-state index in [-0.39, 0.29) is 11.9 Å². The van der Waals surface area contributed by atoms with Gasteiger partial charge in [0.25, 0.3) is 0 Å². The van der Waals surface area contributed by atoms with Crippen LogP contribution in [0.1, 0.15) is 59.3 Å². The Hall–Kier alpha value is -1.06. The van der Waals surface area contributed by atoms with Crippen molar-refractivity contribution in [3.05, 3.63) is 0 Å². The van der Waals surface area contributed by atoms with Crippen LogP contribution in [0.2, 0.25) is 0 Å². The Morgan fingerprint density at radius 2 is 1.95 bits per heavy atom. The van der Waals surface area contributed by atoms with Crippen molar-refractivity contribution < 1.29 is 19.1 Å². The van der Waals surface area contributed by atoms with Crippen LogP contribution in [0, 0.1) is 11.8 Å². The van der Waals surface area contributed by atoms with E-state index in [9.17, 15) is 9.59 Å². The van der Waals surface area contributed by atoms with Crippen LogP contribution in [0.25, 0.3) is 0 Å². The first kappa shape index (κ1) is 16.0. The molecule has 0 aromatic rings. The van der Waals surface area contributed by atoms with Gasteiger partial charge in [-0.05, 0) is 32.1 Å². The van der Waals surface area contributed by atoms with E-state index < -0.39 is 12.1 Å². The van der Waals surface area contributed by atoms with Crippen molar-refractivity contribution in [2.24, 2.45) is 11.8 Å². The maximum Gasteiger partial charge on any atom is 0.347 e. The lowest BCUT2D eigenvalue weighted by atomic mass is 9.80. The van der Waals surface area contributed by atoms with E-state index in [1.165, 1.54) is 6.42 Å². The molecule has 1 saturated carbocycles. The molecule has 0 aromatic carbocycles. The summed E-state index contributed by atoms with van der Waals surface area (Å²) in [7, 11) is 0. The Balaban J connectivity index is 2.35. The molecule has 0 radical (unpaired) electrons. The number of esters is 2. The number of carbonyl (C=O) groups is 2. The summed E-state index contributed by atoms with van der Waals surface area (Å²) in [6.45, 7) is 6.09. The van der Waals surface area contributed by atoms with Crippen LogP contribution in [-0.4, -0.2) is 24.6 Å². The molecule has 110 valence electrons. The standard InChI is InChI=1S/C15H26O4/c1-4-5-10-18-14(16)12(3)19-15(17)13-9-7-6-8-11(13)2/h11-13H,4-10H2,1-3H3. The largest absolute Gasteiger partial charge is 0.463 e. The summed E-state index contributed by atoms with van der Waals surface area (Å²) in [5.74, 6) is -0.387. The highest BCUT2D eigenvalue weighted by Gasteiger charge is 2.31. The third-order valence-corrected chi connectivity index (χ3v) is 3.78. The first-order valence-corrected chi connectivity index (χ1v) is 7.43. The third-order valence-electron chi connectivity index (χ3n) is 3.78. The van der Waals surface area contributed by atoms with Crippen molar-refractivity contribution >= 4 is 11.9 Å². The van der Waals surface area contributed by atoms with Gasteiger partial charge in [-0.2, -0.15) is 0 Å². The second-order valence-corrected chi connectivity index (χ2v) is 5.47. The monoisotopic (exact) mass is 270 g/mol. The summed E-state index contributed by atoms with van der Waals surface area (Å²) >= 11 is 0. The van der Waals surface area contributed by atoms with Gasteiger partial charge in [0.2, 0.25) is 0 Å². The minimum absolute atomic E-state index is 0.0559. The van der Waals surface area contributed by atoms with Crippen LogP contribution in [0.3, 0.4) is 0 Å². The summed E-state index contributed by atoms with van der Waals surface area (Å²) in [5.41, 5.74) is 0. The molecule has 1 fully saturated rings. The molecule has 0 heterocycles. The van der Waals surface area contributed by atoms with E-state index in [2.05, 4.69) is 6.92 Å². The third kappa shape index (κ3) is 5.21. The van der Waals surface area contributed by atoms with Gasteiger partial charge in [0, 0.05) is 0 Å². The zero-order valence-electron chi connectivity index (χ0n) is 12.3. The Morgan fingerprint density at radius 1 is 1.26 bits per heavy atom. The van der Waals surface area contributed by atoms with Crippen molar-refractivity contribution in [1.29, 1.82) is 0 Å². The molecule has 1 aliphatic rings. The zero-order chi connectivity index (χ0) is 14.3. The second-order valence-electron chi connectivity index (χ2n) is 5.47. The lowest BCUT2D eigenvalue weighted by Crippen LogP contribution is -2.33. The maximum atomic E-state index is 12.0. The fourth-order valence-corrected chi connectivity index (χ4v) is 2.41. The average molecular weight is 270 g/mol. The highest BCUT2D eigenvalue weighted by atomic mass is 16.6. The lowest BCUT2D eigenvalue weighted by molar-refractivity contribution is -0.170. The summed E-state index contributed by atoms with van der Waals surface area (Å²) in [6.07, 6.45) is 5.21. The lowest BCUT2D eigenvalue weighted by Gasteiger charge is -2.27. The van der Waals surface area contributed by atoms with E-state index in [1.54, 1.807) is 6.92 Å². The summed E-state index contributed by atoms with van der Waals surface area (Å²) in [6, 6.07) is 0. The number of ether oxygens (including phenoxy) is 2. The first-order chi connectivity index (χ1) is 9.06. The molecule has 0 N–H and O–H groups in total. The highest BCUT2D eigenvalue weighted by molar-refractivity contribution is 5.80. The normalized spacial score (nSPS) is 24.6. The predicted molar refractivity (Wildman–Crippen MR) is 72.5 cm³/mol. The molecule has 3 atom stereocenters. The van der Waals surface area contributed by atoms with E-state index in [4.69, 9.17) is 9.47 Å². The molecule has 19 heavy (non-hydrogen) atoms. The smallest absolute Gasteiger partial charge is 0.347 e. The van der Waals surface area contributed by atoms with Crippen LogP contribution < -0.4 is 0 Å². The molecular formula is C15H26O4. The second kappa shape index (κ2) is 8.18. The molecule has 0 amide bonds. The number of rotatable bonds is 6. The van der Waals surface area contributed by atoms with Crippen molar-refractivity contribution in [2.75, 3.05) is 6.61 Å². The van der Waals surface area contributed by atoms with Gasteiger partial charge in [-0.25, -0.2) is 4.79 Å². The number of carbonyl (C=O) groups excluding carboxylic acids is 2. The van der Waals surface area contributed by atoms with E-state index in [1.807, 2.05) is 6.92 Å². The summed E-state index contributed by atoms with van der Waals surface area (Å²) in [5, 5.41) is 0. The minimum atomic E-state index is -0.793. The van der Waals surface area contributed by atoms with Crippen LogP contribution >= 0.6 is 0 Å². The van der Waals surface area contributed by atoms with Crippen molar-refractivity contribution in [3.8, 4) is 0 Å². The molecule has 0 spiro atoms. The molecule has 0 bridgehead atoms. The molecule has 4 nitrogen and oxygen atoms in total. The summed E-state index contributed by atoms with van der Waals surface area (Å²) in [4.78, 5) is 23.6. The van der Waals surface area contributed by atoms with Crippen molar-refractivity contribution in [2.45, 2.75) is 65.4 Å². The van der Waals surface area contributed by atoms with Gasteiger partial charge in [0.1, 0.15) is 0 Å². The quantitative estimate of drug-likeness (QED) is 0.550. The molecule has 0 aliphatic heterocycles. The molecule has 3 unspecified atom stereocenters. The maximum absolute atomic E-state index is 12.0. The van der Waals surface area contributed by atoms with Crippen molar-refractivity contribution in [1.82, 2.24) is 0 Å². The zero-order valence-corrected chi connectivity index (χ0v) is 12.3. The predicted octanol–water partition coefficient (Wildman–Crippen LogP) is 3.09. The van der Waals surface area contributed by atoms with Crippen LogP contribution in [-0.2, 0) is 19.1 Å². The fourth-order valence-electron chi connectivity index (χ4n) is 2.41. The molecule has 0 aromatic heterocycles. The molecule has 1 aliphatic carbocycles. The van der Waals surface area contributed by atoms with Gasteiger partial charge < -0.3 is 9.47 Å². The molecular weight excluding hydrogens is 244 g/mol. The van der Waals surface area contributed by atoms with Gasteiger partial charge in [-0.1, -0.05) is 33.1 Å². The van der Waals surface area contributed by atoms with Crippen LogP contribution in [0.4, 0.5) is 0 Å². The Kier molecular flexibility index (Phi) is 6.89. The topological polar surface area (TPSA) is 52.6 Å². The highest BCUT2D eigenvalue weighted by Crippen LogP contribution is 2.30. The fraction of sp³-hybridized carbons (Fsp3) is 0.867. The van der Waals surface area contributed by atoms with Gasteiger partial charge in [-0.15, -0.1) is 0 Å². The first-order valence-electron chi connectivity index (χ1n) is 7.43. The van der Waals surface area contributed by atoms with E-state index >= 15 is 0 Å². The number of hydrogen-bond donors (Lipinski definition) is 0. The molecule has 0 saturated heterocycles. The minimum Gasteiger partial charge on any atom is -0.463 e. The molecule has 4 heteroatoms. The van der Waals surface area contributed by atoms with Crippen LogP contribution in [0.5, 0.6) is 0 Å². The van der Waals surface area contributed by atoms with Crippen LogP contribution in [0.15, 0.2) is 0 Å². The average Bonchev–Trinajstić information content (AvgIpc) is 2.39. The van der Waals surface area contributed by atoms with E-state index in [0.717, 1.165) is 32.1 Å². The molecule has 1 rings (SSSR count). The Morgan fingerprint density at radius 3 is 2.58 bits per heavy atom. The summed E-state index contributed by atoms with van der Waals surface area (Å²) < 4.78 is 10.3. The Labute approximate surface area is 115 Å². The number of hydrogen-bond acceptors (Lipinski definition) is 4. The van der Waals surface area contributed by atoms with Gasteiger partial charge in [-0.3, -0.25) is 4.79 Å². The van der Waals surface area contributed by atoms with Gasteiger partial charge in [0.05, 0.1) is 12.5 Å². The van der Waals surface area contributed by atoms with Crippen molar-refractivity contribution in [3.63, 3.8) is 0 Å². The van der Waals surface area contributed by atoms with E-state index in [0.29, 0.717) is 12.5 Å². The number of unbranched alkanes of at least 4 members (excludes halogenated alkanes) is 1.